The van der Waals surface area contributed by atoms with E-state index in [9.17, 15) is 5.11 Å². The molecule has 2 heteroatoms. The summed E-state index contributed by atoms with van der Waals surface area (Å²) in [6.45, 7) is 4.50. The average Bonchev–Trinajstić information content (AvgIpc) is 2.40. The van der Waals surface area contributed by atoms with Crippen molar-refractivity contribution in [1.82, 2.24) is 0 Å². The average molecular weight is 248 g/mol. The zero-order chi connectivity index (χ0) is 13.0. The third-order valence-electron chi connectivity index (χ3n) is 3.93. The molecule has 0 bridgehead atoms. The molecular weight excluding hydrogens is 224 g/mol. The molecule has 0 unspecified atom stereocenters. The fourth-order valence-corrected chi connectivity index (χ4v) is 2.66. The summed E-state index contributed by atoms with van der Waals surface area (Å²) in [6.07, 6.45) is 5.51. The van der Waals surface area contributed by atoms with Crippen LogP contribution in [-0.4, -0.2) is 17.3 Å². The van der Waals surface area contributed by atoms with E-state index in [-0.39, 0.29) is 12.2 Å². The largest absolute Gasteiger partial charge is 0.485 e. The summed E-state index contributed by atoms with van der Waals surface area (Å²) >= 11 is 0. The molecule has 2 rings (SSSR count). The lowest BCUT2D eigenvalue weighted by Gasteiger charge is -2.36. The minimum atomic E-state index is -0.336. The summed E-state index contributed by atoms with van der Waals surface area (Å²) in [4.78, 5) is 0. The molecule has 1 saturated carbocycles. The Labute approximate surface area is 110 Å². The first-order valence-corrected chi connectivity index (χ1v) is 7.05. The van der Waals surface area contributed by atoms with Crippen molar-refractivity contribution in [3.8, 4) is 5.75 Å². The second kappa shape index (κ2) is 5.75. The van der Waals surface area contributed by atoms with Crippen LogP contribution in [0.1, 0.15) is 57.4 Å². The van der Waals surface area contributed by atoms with E-state index in [1.54, 1.807) is 0 Å². The maximum Gasteiger partial charge on any atom is 0.132 e. The number of hydrogen-bond donors (Lipinski definition) is 1. The molecule has 0 atom stereocenters. The van der Waals surface area contributed by atoms with Crippen LogP contribution in [0.2, 0.25) is 0 Å². The van der Waals surface area contributed by atoms with E-state index in [4.69, 9.17) is 4.74 Å². The molecule has 1 aromatic carbocycles. The second-order valence-electron chi connectivity index (χ2n) is 5.73. The highest BCUT2D eigenvalue weighted by atomic mass is 16.5. The number of aliphatic hydroxyl groups is 1. The molecule has 18 heavy (non-hydrogen) atoms. The Morgan fingerprint density at radius 1 is 1.11 bits per heavy atom. The number of rotatable bonds is 4. The maximum absolute atomic E-state index is 9.62. The highest BCUT2D eigenvalue weighted by Crippen LogP contribution is 2.33. The summed E-state index contributed by atoms with van der Waals surface area (Å²) in [5, 5.41) is 9.62. The molecule has 0 heterocycles. The third-order valence-corrected chi connectivity index (χ3v) is 3.93. The molecule has 1 aromatic rings. The number of aliphatic hydroxyl groups excluding tert-OH is 1. The maximum atomic E-state index is 9.62. The van der Waals surface area contributed by atoms with Crippen LogP contribution in [0.15, 0.2) is 24.3 Å². The molecule has 2 nitrogen and oxygen atoms in total. The minimum Gasteiger partial charge on any atom is -0.485 e. The predicted octanol–water partition coefficient (Wildman–Crippen LogP) is 3.88. The van der Waals surface area contributed by atoms with Gasteiger partial charge in [0.2, 0.25) is 0 Å². The highest BCUT2D eigenvalue weighted by Gasteiger charge is 2.33. The van der Waals surface area contributed by atoms with E-state index in [1.807, 2.05) is 12.1 Å². The monoisotopic (exact) mass is 248 g/mol. The Morgan fingerprint density at radius 3 is 2.22 bits per heavy atom. The number of ether oxygens (including phenoxy) is 1. The van der Waals surface area contributed by atoms with Crippen molar-refractivity contribution in [2.45, 2.75) is 57.5 Å². The van der Waals surface area contributed by atoms with Crippen molar-refractivity contribution < 1.29 is 9.84 Å². The van der Waals surface area contributed by atoms with Gasteiger partial charge in [-0.3, -0.25) is 0 Å². The second-order valence-corrected chi connectivity index (χ2v) is 5.73. The first kappa shape index (κ1) is 13.4. The molecule has 0 amide bonds. The predicted molar refractivity (Wildman–Crippen MR) is 74.1 cm³/mol. The van der Waals surface area contributed by atoms with Crippen LogP contribution in [0.3, 0.4) is 0 Å². The molecule has 0 radical (unpaired) electrons. The van der Waals surface area contributed by atoms with Crippen LogP contribution < -0.4 is 4.74 Å². The van der Waals surface area contributed by atoms with Gasteiger partial charge in [-0.25, -0.2) is 0 Å². The van der Waals surface area contributed by atoms with Crippen LogP contribution in [0.4, 0.5) is 0 Å². The molecule has 0 aromatic heterocycles. The lowest BCUT2D eigenvalue weighted by Crippen LogP contribution is -2.41. The quantitative estimate of drug-likeness (QED) is 0.876. The van der Waals surface area contributed by atoms with Gasteiger partial charge in [0.25, 0.3) is 0 Å². The van der Waals surface area contributed by atoms with Crippen molar-refractivity contribution in [3.63, 3.8) is 0 Å². The first-order valence-electron chi connectivity index (χ1n) is 7.05. The van der Waals surface area contributed by atoms with Crippen LogP contribution >= 0.6 is 0 Å². The van der Waals surface area contributed by atoms with Gasteiger partial charge in [-0.2, -0.15) is 0 Å². The smallest absolute Gasteiger partial charge is 0.132 e. The van der Waals surface area contributed by atoms with E-state index < -0.39 is 0 Å². The van der Waals surface area contributed by atoms with Crippen molar-refractivity contribution >= 4 is 0 Å². The zero-order valence-electron chi connectivity index (χ0n) is 11.5. The van der Waals surface area contributed by atoms with E-state index in [0.29, 0.717) is 5.92 Å². The Morgan fingerprint density at radius 2 is 1.72 bits per heavy atom. The Bertz CT molecular complexity index is 361. The fraction of sp³-hybridized carbons (Fsp3) is 0.625. The molecule has 0 aliphatic heterocycles. The van der Waals surface area contributed by atoms with Crippen LogP contribution in [0.25, 0.3) is 0 Å². The Kier molecular flexibility index (Phi) is 4.28. The Hall–Kier alpha value is -1.02. The van der Waals surface area contributed by atoms with Crippen LogP contribution in [0.5, 0.6) is 5.75 Å². The number of hydrogen-bond acceptors (Lipinski definition) is 2. The lowest BCUT2D eigenvalue weighted by molar-refractivity contribution is -0.0198. The van der Waals surface area contributed by atoms with Gasteiger partial charge in [0, 0.05) is 0 Å². The summed E-state index contributed by atoms with van der Waals surface area (Å²) < 4.78 is 6.08. The van der Waals surface area contributed by atoms with Crippen molar-refractivity contribution in [3.05, 3.63) is 29.8 Å². The summed E-state index contributed by atoms with van der Waals surface area (Å²) in [7, 11) is 0. The SMILES string of the molecule is CC(C)c1ccc(OC2(CO)CCCCC2)cc1. The van der Waals surface area contributed by atoms with Crippen molar-refractivity contribution in [1.29, 1.82) is 0 Å². The molecule has 100 valence electrons. The Balaban J connectivity index is 2.07. The van der Waals surface area contributed by atoms with Gasteiger partial charge in [-0.15, -0.1) is 0 Å². The lowest BCUT2D eigenvalue weighted by atomic mass is 9.85. The molecule has 1 aliphatic rings. The minimum absolute atomic E-state index is 0.124. The fourth-order valence-electron chi connectivity index (χ4n) is 2.66. The van der Waals surface area contributed by atoms with E-state index in [0.717, 1.165) is 31.4 Å². The number of benzene rings is 1. The molecular formula is C16H24O2. The normalized spacial score (nSPS) is 18.9. The van der Waals surface area contributed by atoms with Crippen molar-refractivity contribution in [2.75, 3.05) is 6.61 Å². The molecule has 1 aliphatic carbocycles. The van der Waals surface area contributed by atoms with E-state index >= 15 is 0 Å². The van der Waals surface area contributed by atoms with Crippen LogP contribution in [-0.2, 0) is 0 Å². The summed E-state index contributed by atoms with van der Waals surface area (Å²) in [6, 6.07) is 8.30. The van der Waals surface area contributed by atoms with Crippen molar-refractivity contribution in [2.24, 2.45) is 0 Å². The van der Waals surface area contributed by atoms with Gasteiger partial charge in [-0.05, 0) is 49.3 Å². The molecule has 1 N–H and O–H groups in total. The summed E-state index contributed by atoms with van der Waals surface area (Å²) in [5.74, 6) is 1.43. The molecule has 1 fully saturated rings. The third kappa shape index (κ3) is 3.05. The topological polar surface area (TPSA) is 29.5 Å². The standard InChI is InChI=1S/C16H24O2/c1-13(2)14-6-8-15(9-7-14)18-16(12-17)10-4-3-5-11-16/h6-9,13,17H,3-5,10-12H2,1-2H3. The van der Waals surface area contributed by atoms with Gasteiger partial charge >= 0.3 is 0 Å². The van der Waals surface area contributed by atoms with Gasteiger partial charge in [0.15, 0.2) is 0 Å². The van der Waals surface area contributed by atoms with Gasteiger partial charge in [0.1, 0.15) is 11.4 Å². The van der Waals surface area contributed by atoms with Crippen LogP contribution in [0, 0.1) is 0 Å². The highest BCUT2D eigenvalue weighted by molar-refractivity contribution is 5.29. The van der Waals surface area contributed by atoms with E-state index in [1.165, 1.54) is 12.0 Å². The molecule has 0 saturated heterocycles. The first-order chi connectivity index (χ1) is 8.65. The summed E-state index contributed by atoms with van der Waals surface area (Å²) in [5.41, 5.74) is 0.987. The van der Waals surface area contributed by atoms with Gasteiger partial charge in [-0.1, -0.05) is 32.4 Å². The zero-order valence-corrected chi connectivity index (χ0v) is 11.5. The van der Waals surface area contributed by atoms with Gasteiger partial charge < -0.3 is 9.84 Å². The van der Waals surface area contributed by atoms with Gasteiger partial charge in [0.05, 0.1) is 6.61 Å². The molecule has 0 spiro atoms. The van der Waals surface area contributed by atoms with E-state index in [2.05, 4.69) is 26.0 Å².